The van der Waals surface area contributed by atoms with Crippen molar-refractivity contribution in [2.24, 2.45) is 4.99 Å². The maximum atomic E-state index is 13.6. The van der Waals surface area contributed by atoms with Gasteiger partial charge in [0.15, 0.2) is 4.80 Å². The Bertz CT molecular complexity index is 1430. The van der Waals surface area contributed by atoms with Gasteiger partial charge in [-0.05, 0) is 69.2 Å². The van der Waals surface area contributed by atoms with Gasteiger partial charge in [0, 0.05) is 0 Å². The number of nitrogens with zero attached hydrogens (tertiary/aromatic N) is 2. The summed E-state index contributed by atoms with van der Waals surface area (Å²) in [6, 6.07) is 14.3. The lowest BCUT2D eigenvalue weighted by atomic mass is 9.96. The minimum atomic E-state index is -0.653. The van der Waals surface area contributed by atoms with Gasteiger partial charge in [0.1, 0.15) is 11.5 Å². The highest BCUT2D eigenvalue weighted by atomic mass is 32.1. The molecule has 0 radical (unpaired) electrons. The molecule has 0 bridgehead atoms. The number of carbonyl (C=O) groups is 1. The van der Waals surface area contributed by atoms with Crippen LogP contribution < -0.4 is 24.4 Å². The van der Waals surface area contributed by atoms with Gasteiger partial charge >= 0.3 is 5.97 Å². The average molecular weight is 493 g/mol. The quantitative estimate of drug-likeness (QED) is 0.471. The fourth-order valence-corrected chi connectivity index (χ4v) is 5.01. The van der Waals surface area contributed by atoms with Crippen LogP contribution in [0.5, 0.6) is 11.5 Å². The number of esters is 1. The maximum Gasteiger partial charge on any atom is 0.338 e. The summed E-state index contributed by atoms with van der Waals surface area (Å²) in [5.41, 5.74) is 2.31. The summed E-state index contributed by atoms with van der Waals surface area (Å²) in [7, 11) is 1.59. The zero-order valence-electron chi connectivity index (χ0n) is 20.4. The van der Waals surface area contributed by atoms with Gasteiger partial charge in [0.25, 0.3) is 5.56 Å². The molecule has 0 N–H and O–H groups in total. The van der Waals surface area contributed by atoms with Crippen LogP contribution in [0.15, 0.2) is 69.6 Å². The Hall–Kier alpha value is -3.65. The molecule has 1 aliphatic heterocycles. The molecule has 0 fully saturated rings. The molecule has 1 unspecified atom stereocenters. The number of aromatic nitrogens is 1. The Morgan fingerprint density at radius 2 is 1.77 bits per heavy atom. The number of methoxy groups -OCH3 is 1. The van der Waals surface area contributed by atoms with Gasteiger partial charge in [0.05, 0.1) is 41.7 Å². The average Bonchev–Trinajstić information content (AvgIpc) is 3.13. The number of ether oxygens (including phenoxy) is 3. The fraction of sp³-hybridized carbons (Fsp3) is 0.296. The largest absolute Gasteiger partial charge is 0.497 e. The van der Waals surface area contributed by atoms with Gasteiger partial charge in [-0.3, -0.25) is 9.36 Å². The van der Waals surface area contributed by atoms with Crippen molar-refractivity contribution in [1.29, 1.82) is 0 Å². The van der Waals surface area contributed by atoms with Gasteiger partial charge in [0.2, 0.25) is 0 Å². The summed E-state index contributed by atoms with van der Waals surface area (Å²) >= 11 is 1.29. The number of allylic oxidation sites excluding steroid dienone is 1. The molecular formula is C27H28N2O5S. The number of hydrogen-bond donors (Lipinski definition) is 0. The van der Waals surface area contributed by atoms with E-state index in [-0.39, 0.29) is 18.3 Å². The van der Waals surface area contributed by atoms with Crippen molar-refractivity contribution in [3.8, 4) is 11.5 Å². The van der Waals surface area contributed by atoms with Crippen molar-refractivity contribution in [2.75, 3.05) is 13.7 Å². The Balaban J connectivity index is 1.85. The van der Waals surface area contributed by atoms with Crippen LogP contribution in [-0.2, 0) is 9.53 Å². The van der Waals surface area contributed by atoms with Crippen molar-refractivity contribution >= 4 is 23.4 Å². The molecule has 2 aromatic carbocycles. The van der Waals surface area contributed by atoms with E-state index in [9.17, 15) is 9.59 Å². The van der Waals surface area contributed by atoms with E-state index in [0.717, 1.165) is 16.9 Å². The van der Waals surface area contributed by atoms with Crippen LogP contribution in [0.1, 0.15) is 44.9 Å². The SMILES string of the molecule is CCOC(=O)C1=C(C)N=c2s/c(=C\c3ccc(OC(C)C)cc3)c(=O)n2C1c1ccc(OC)cc1. The summed E-state index contributed by atoms with van der Waals surface area (Å²) in [5.74, 6) is 0.974. The summed E-state index contributed by atoms with van der Waals surface area (Å²) < 4.78 is 18.4. The Morgan fingerprint density at radius 1 is 1.11 bits per heavy atom. The van der Waals surface area contributed by atoms with Crippen molar-refractivity contribution in [3.63, 3.8) is 0 Å². The van der Waals surface area contributed by atoms with Crippen LogP contribution in [0, 0.1) is 0 Å². The third kappa shape index (κ3) is 5.07. The van der Waals surface area contributed by atoms with E-state index < -0.39 is 12.0 Å². The zero-order chi connectivity index (χ0) is 25.1. The predicted molar refractivity (Wildman–Crippen MR) is 136 cm³/mol. The fourth-order valence-electron chi connectivity index (χ4n) is 3.96. The van der Waals surface area contributed by atoms with Crippen molar-refractivity contribution < 1.29 is 19.0 Å². The number of benzene rings is 2. The Kier molecular flexibility index (Phi) is 7.21. The van der Waals surface area contributed by atoms with Crippen LogP contribution in [0.4, 0.5) is 0 Å². The number of rotatable bonds is 7. The van der Waals surface area contributed by atoms with Gasteiger partial charge < -0.3 is 14.2 Å². The van der Waals surface area contributed by atoms with Crippen molar-refractivity contribution in [1.82, 2.24) is 4.57 Å². The molecule has 0 aliphatic carbocycles. The predicted octanol–water partition coefficient (Wildman–Crippen LogP) is 3.59. The first-order valence-electron chi connectivity index (χ1n) is 11.4. The van der Waals surface area contributed by atoms with Crippen molar-refractivity contribution in [3.05, 3.63) is 90.6 Å². The third-order valence-corrected chi connectivity index (χ3v) is 6.48. The second-order valence-corrected chi connectivity index (χ2v) is 9.32. The smallest absolute Gasteiger partial charge is 0.338 e. The Labute approximate surface area is 207 Å². The van der Waals surface area contributed by atoms with Crippen LogP contribution in [0.25, 0.3) is 6.08 Å². The highest BCUT2D eigenvalue weighted by Crippen LogP contribution is 2.31. The molecule has 35 heavy (non-hydrogen) atoms. The molecule has 0 saturated heterocycles. The molecule has 3 aromatic rings. The van der Waals surface area contributed by atoms with Gasteiger partial charge in [-0.2, -0.15) is 0 Å². The molecule has 4 rings (SSSR count). The zero-order valence-corrected chi connectivity index (χ0v) is 21.2. The molecule has 0 saturated carbocycles. The minimum Gasteiger partial charge on any atom is -0.497 e. The molecule has 0 amide bonds. The summed E-state index contributed by atoms with van der Waals surface area (Å²) in [4.78, 5) is 31.7. The van der Waals surface area contributed by atoms with Crippen LogP contribution in [0.3, 0.4) is 0 Å². The summed E-state index contributed by atoms with van der Waals surface area (Å²) in [5, 5.41) is 0. The van der Waals surface area contributed by atoms with Gasteiger partial charge in [-0.25, -0.2) is 9.79 Å². The van der Waals surface area contributed by atoms with Crippen LogP contribution >= 0.6 is 11.3 Å². The molecule has 7 nitrogen and oxygen atoms in total. The molecule has 2 heterocycles. The van der Waals surface area contributed by atoms with E-state index in [1.807, 2.05) is 68.5 Å². The van der Waals surface area contributed by atoms with Crippen molar-refractivity contribution in [2.45, 2.75) is 39.8 Å². The first-order valence-corrected chi connectivity index (χ1v) is 12.2. The maximum absolute atomic E-state index is 13.6. The normalized spacial score (nSPS) is 15.6. The van der Waals surface area contributed by atoms with Gasteiger partial charge in [-0.1, -0.05) is 35.6 Å². The summed E-state index contributed by atoms with van der Waals surface area (Å²) in [6.45, 7) is 7.70. The second-order valence-electron chi connectivity index (χ2n) is 8.31. The van der Waals surface area contributed by atoms with Crippen LogP contribution in [0.2, 0.25) is 0 Å². The number of thiazole rings is 1. The van der Waals surface area contributed by atoms with E-state index in [4.69, 9.17) is 14.2 Å². The lowest BCUT2D eigenvalue weighted by Crippen LogP contribution is -2.39. The minimum absolute atomic E-state index is 0.0827. The second kappa shape index (κ2) is 10.3. The lowest BCUT2D eigenvalue weighted by Gasteiger charge is -2.24. The number of fused-ring (bicyclic) bond motifs is 1. The molecule has 1 aromatic heterocycles. The molecular weight excluding hydrogens is 464 g/mol. The van der Waals surface area contributed by atoms with E-state index in [0.29, 0.717) is 26.4 Å². The molecule has 1 aliphatic rings. The summed E-state index contributed by atoms with van der Waals surface area (Å²) in [6.07, 6.45) is 1.91. The highest BCUT2D eigenvalue weighted by molar-refractivity contribution is 7.07. The highest BCUT2D eigenvalue weighted by Gasteiger charge is 2.33. The Morgan fingerprint density at radius 3 is 2.37 bits per heavy atom. The third-order valence-electron chi connectivity index (χ3n) is 5.50. The monoisotopic (exact) mass is 492 g/mol. The molecule has 1 atom stereocenters. The van der Waals surface area contributed by atoms with E-state index in [1.54, 1.807) is 25.5 Å². The lowest BCUT2D eigenvalue weighted by molar-refractivity contribution is -0.139. The standard InChI is InChI=1S/C27H28N2O5S/c1-6-33-26(31)23-17(4)28-27-29(24(23)19-9-13-20(32-5)14-10-19)25(30)22(35-27)15-18-7-11-21(12-8-18)34-16(2)3/h7-16,24H,6H2,1-5H3/b22-15-. The van der Waals surface area contributed by atoms with E-state index in [2.05, 4.69) is 4.99 Å². The molecule has 8 heteroatoms. The number of carbonyl (C=O) groups excluding carboxylic acids is 1. The topological polar surface area (TPSA) is 79.1 Å². The number of hydrogen-bond acceptors (Lipinski definition) is 7. The van der Waals surface area contributed by atoms with Gasteiger partial charge in [-0.15, -0.1) is 0 Å². The molecule has 182 valence electrons. The first-order chi connectivity index (χ1) is 16.8. The van der Waals surface area contributed by atoms with Crippen LogP contribution in [-0.4, -0.2) is 30.4 Å². The molecule has 0 spiro atoms. The first kappa shape index (κ1) is 24.5. The van der Waals surface area contributed by atoms with E-state index >= 15 is 0 Å². The van der Waals surface area contributed by atoms with E-state index in [1.165, 1.54) is 11.3 Å².